The predicted molar refractivity (Wildman–Crippen MR) is 123 cm³/mol. The number of carbonyl (C=O) groups is 2. The second-order valence-corrected chi connectivity index (χ2v) is 8.25. The van der Waals surface area contributed by atoms with Gasteiger partial charge in [-0.25, -0.2) is 0 Å². The van der Waals surface area contributed by atoms with Crippen LogP contribution in [-0.4, -0.2) is 28.8 Å². The predicted octanol–water partition coefficient (Wildman–Crippen LogP) is 5.30. The molecule has 0 fully saturated rings. The Morgan fingerprint density at radius 2 is 1.70 bits per heavy atom. The van der Waals surface area contributed by atoms with Crippen LogP contribution < -0.4 is 5.32 Å². The van der Waals surface area contributed by atoms with Crippen molar-refractivity contribution < 1.29 is 9.59 Å². The van der Waals surface area contributed by atoms with E-state index in [4.69, 9.17) is 11.6 Å². The van der Waals surface area contributed by atoms with E-state index >= 15 is 0 Å². The van der Waals surface area contributed by atoms with Gasteiger partial charge in [0.1, 0.15) is 6.04 Å². The molecule has 0 radical (unpaired) electrons. The topological polar surface area (TPSA) is 49.4 Å². The van der Waals surface area contributed by atoms with Gasteiger partial charge >= 0.3 is 0 Å². The van der Waals surface area contributed by atoms with Gasteiger partial charge in [-0.1, -0.05) is 73.5 Å². The Morgan fingerprint density at radius 1 is 1.03 bits per heavy atom. The molecule has 0 saturated carbocycles. The van der Waals surface area contributed by atoms with Crippen molar-refractivity contribution in [1.82, 2.24) is 10.2 Å². The zero-order valence-corrected chi connectivity index (χ0v) is 19.2. The van der Waals surface area contributed by atoms with Crippen molar-refractivity contribution in [2.75, 3.05) is 0 Å². The average Bonchev–Trinajstić information content (AvgIpc) is 2.74. The highest BCUT2D eigenvalue weighted by Gasteiger charge is 2.29. The minimum Gasteiger partial charge on any atom is -0.352 e. The maximum Gasteiger partial charge on any atom is 0.243 e. The number of rotatable bonds is 10. The van der Waals surface area contributed by atoms with E-state index in [0.717, 1.165) is 23.1 Å². The lowest BCUT2D eigenvalue weighted by molar-refractivity contribution is -0.141. The molecule has 0 aliphatic rings. The molecule has 0 spiro atoms. The molecule has 0 aliphatic carbocycles. The summed E-state index contributed by atoms with van der Waals surface area (Å²) >= 11 is 6.26. The van der Waals surface area contributed by atoms with Crippen molar-refractivity contribution in [2.24, 2.45) is 0 Å². The van der Waals surface area contributed by atoms with Crippen LogP contribution in [0.15, 0.2) is 48.5 Å². The summed E-state index contributed by atoms with van der Waals surface area (Å²) in [4.78, 5) is 27.9. The highest BCUT2D eigenvalue weighted by atomic mass is 35.5. The van der Waals surface area contributed by atoms with Gasteiger partial charge in [0.05, 0.1) is 0 Å². The molecule has 5 heteroatoms. The van der Waals surface area contributed by atoms with Crippen LogP contribution in [0, 0.1) is 6.92 Å². The van der Waals surface area contributed by atoms with Gasteiger partial charge in [-0.15, -0.1) is 0 Å². The van der Waals surface area contributed by atoms with Gasteiger partial charge in [0, 0.05) is 24.0 Å². The summed E-state index contributed by atoms with van der Waals surface area (Å²) in [6.45, 7) is 8.40. The standard InChI is InChI=1S/C25H33ClN2O2/c1-5-19(4)27-25(30)23(6-2)28(17-20-13-11-18(3)12-14-20)24(29)16-15-21-9-7-8-10-22(21)26/h7-14,19,23H,5-6,15-17H2,1-4H3,(H,27,30). The third kappa shape index (κ3) is 6.88. The van der Waals surface area contributed by atoms with Crippen LogP contribution in [-0.2, 0) is 22.6 Å². The Kier molecular flexibility index (Phi) is 9.38. The number of halogens is 1. The average molecular weight is 429 g/mol. The first kappa shape index (κ1) is 23.9. The molecule has 2 amide bonds. The molecule has 0 heterocycles. The summed E-state index contributed by atoms with van der Waals surface area (Å²) in [6, 6.07) is 15.2. The van der Waals surface area contributed by atoms with Crippen LogP contribution in [0.5, 0.6) is 0 Å². The SMILES string of the molecule is CCC(C)NC(=O)C(CC)N(Cc1ccc(C)cc1)C(=O)CCc1ccccc1Cl. The van der Waals surface area contributed by atoms with Crippen molar-refractivity contribution in [3.63, 3.8) is 0 Å². The first-order valence-electron chi connectivity index (χ1n) is 10.7. The zero-order chi connectivity index (χ0) is 22.1. The van der Waals surface area contributed by atoms with Gasteiger partial charge in [-0.2, -0.15) is 0 Å². The fourth-order valence-electron chi connectivity index (χ4n) is 3.34. The number of nitrogens with zero attached hydrogens (tertiary/aromatic N) is 1. The third-order valence-electron chi connectivity index (χ3n) is 5.43. The van der Waals surface area contributed by atoms with Crippen LogP contribution in [0.2, 0.25) is 5.02 Å². The minimum absolute atomic E-state index is 0.0401. The lowest BCUT2D eigenvalue weighted by atomic mass is 10.1. The lowest BCUT2D eigenvalue weighted by Crippen LogP contribution is -2.50. The quantitative estimate of drug-likeness (QED) is 0.558. The molecule has 0 saturated heterocycles. The Hall–Kier alpha value is -2.33. The van der Waals surface area contributed by atoms with Crippen molar-refractivity contribution in [3.05, 3.63) is 70.2 Å². The fourth-order valence-corrected chi connectivity index (χ4v) is 3.57. The molecule has 2 aromatic carbocycles. The van der Waals surface area contributed by atoms with Crippen molar-refractivity contribution in [3.8, 4) is 0 Å². The van der Waals surface area contributed by atoms with Crippen LogP contribution in [0.25, 0.3) is 0 Å². The van der Waals surface area contributed by atoms with E-state index in [1.54, 1.807) is 4.90 Å². The second-order valence-electron chi connectivity index (χ2n) is 7.84. The van der Waals surface area contributed by atoms with Crippen molar-refractivity contribution in [2.45, 2.75) is 72.0 Å². The first-order valence-corrected chi connectivity index (χ1v) is 11.1. The number of amides is 2. The monoisotopic (exact) mass is 428 g/mol. The van der Waals surface area contributed by atoms with Gasteiger partial charge in [-0.05, 0) is 50.3 Å². The molecule has 0 bridgehead atoms. The largest absolute Gasteiger partial charge is 0.352 e. The Morgan fingerprint density at radius 3 is 2.30 bits per heavy atom. The highest BCUT2D eigenvalue weighted by molar-refractivity contribution is 6.31. The maximum atomic E-state index is 13.3. The summed E-state index contributed by atoms with van der Waals surface area (Å²) in [6.07, 6.45) is 2.27. The van der Waals surface area contributed by atoms with E-state index < -0.39 is 6.04 Å². The Balaban J connectivity index is 2.21. The molecule has 162 valence electrons. The van der Waals surface area contributed by atoms with E-state index in [1.807, 2.05) is 76.2 Å². The maximum absolute atomic E-state index is 13.3. The van der Waals surface area contributed by atoms with Crippen molar-refractivity contribution >= 4 is 23.4 Å². The molecule has 2 unspecified atom stereocenters. The number of carbonyl (C=O) groups excluding carboxylic acids is 2. The van der Waals surface area contributed by atoms with Gasteiger partial charge < -0.3 is 10.2 Å². The molecule has 0 aromatic heterocycles. The normalized spacial score (nSPS) is 12.8. The fraction of sp³-hybridized carbons (Fsp3) is 0.440. The number of nitrogens with one attached hydrogen (secondary N) is 1. The van der Waals surface area contributed by atoms with Gasteiger partial charge in [-0.3, -0.25) is 9.59 Å². The van der Waals surface area contributed by atoms with Crippen LogP contribution in [0.3, 0.4) is 0 Å². The summed E-state index contributed by atoms with van der Waals surface area (Å²) < 4.78 is 0. The minimum atomic E-state index is -0.501. The lowest BCUT2D eigenvalue weighted by Gasteiger charge is -2.31. The third-order valence-corrected chi connectivity index (χ3v) is 5.80. The number of hydrogen-bond donors (Lipinski definition) is 1. The van der Waals surface area contributed by atoms with E-state index in [-0.39, 0.29) is 17.9 Å². The molecule has 2 aromatic rings. The summed E-state index contributed by atoms with van der Waals surface area (Å²) in [5.74, 6) is -0.133. The van der Waals surface area contributed by atoms with Crippen LogP contribution >= 0.6 is 11.6 Å². The molecular weight excluding hydrogens is 396 g/mol. The Labute approximate surface area is 185 Å². The van der Waals surface area contributed by atoms with E-state index in [0.29, 0.717) is 30.8 Å². The van der Waals surface area contributed by atoms with Gasteiger partial charge in [0.25, 0.3) is 0 Å². The summed E-state index contributed by atoms with van der Waals surface area (Å²) in [5.41, 5.74) is 3.12. The molecule has 2 rings (SSSR count). The highest BCUT2D eigenvalue weighted by Crippen LogP contribution is 2.19. The Bertz CT molecular complexity index is 835. The summed E-state index contributed by atoms with van der Waals surface area (Å²) in [5, 5.41) is 3.70. The second kappa shape index (κ2) is 11.8. The number of benzene rings is 2. The van der Waals surface area contributed by atoms with E-state index in [2.05, 4.69) is 5.32 Å². The van der Waals surface area contributed by atoms with E-state index in [9.17, 15) is 9.59 Å². The molecule has 0 aliphatic heterocycles. The molecule has 1 N–H and O–H groups in total. The number of aryl methyl sites for hydroxylation is 2. The molecule has 4 nitrogen and oxygen atoms in total. The molecular formula is C25H33ClN2O2. The van der Waals surface area contributed by atoms with Crippen molar-refractivity contribution in [1.29, 1.82) is 0 Å². The zero-order valence-electron chi connectivity index (χ0n) is 18.5. The smallest absolute Gasteiger partial charge is 0.243 e. The molecule has 30 heavy (non-hydrogen) atoms. The van der Waals surface area contributed by atoms with Gasteiger partial charge in [0.15, 0.2) is 0 Å². The first-order chi connectivity index (χ1) is 14.3. The number of hydrogen-bond acceptors (Lipinski definition) is 2. The van der Waals surface area contributed by atoms with Gasteiger partial charge in [0.2, 0.25) is 11.8 Å². The van der Waals surface area contributed by atoms with E-state index in [1.165, 1.54) is 0 Å². The summed E-state index contributed by atoms with van der Waals surface area (Å²) in [7, 11) is 0. The molecule has 2 atom stereocenters. The van der Waals surface area contributed by atoms with Crippen LogP contribution in [0.1, 0.15) is 56.7 Å². The van der Waals surface area contributed by atoms with Crippen LogP contribution in [0.4, 0.5) is 0 Å².